The number of nitrogens with zero attached hydrogens (tertiary/aromatic N) is 8. The molecule has 4 aromatic rings. The second-order valence-electron chi connectivity index (χ2n) is 11.0. The normalized spacial score (nSPS) is 30.9. The van der Waals surface area contributed by atoms with E-state index in [1.54, 1.807) is 0 Å². The number of anilines is 2. The van der Waals surface area contributed by atoms with E-state index in [2.05, 4.69) is 51.9 Å². The van der Waals surface area contributed by atoms with Crippen molar-refractivity contribution in [1.29, 1.82) is 0 Å². The number of rotatable bonds is 14. The number of imidazole rings is 2. The second kappa shape index (κ2) is 14.6. The molecule has 2 aliphatic heterocycles. The van der Waals surface area contributed by atoms with E-state index in [0.29, 0.717) is 0 Å². The molecule has 33 heteroatoms. The molecule has 4 aromatic heterocycles. The molecular weight excluding hydrogens is 808 g/mol. The highest BCUT2D eigenvalue weighted by molar-refractivity contribution is 7.69. The average Bonchev–Trinajstić information content (AvgIpc) is 3.80. The molecule has 2 saturated heterocycles. The highest BCUT2D eigenvalue weighted by atomic mass is 31.3. The van der Waals surface area contributed by atoms with Crippen molar-refractivity contribution in [3.8, 4) is 0 Å². The molecule has 53 heavy (non-hydrogen) atoms. The molecule has 292 valence electrons. The first-order chi connectivity index (χ1) is 24.7. The van der Waals surface area contributed by atoms with Gasteiger partial charge in [0.25, 0.3) is 0 Å². The highest BCUT2D eigenvalue weighted by Crippen LogP contribution is 2.71. The van der Waals surface area contributed by atoms with Gasteiger partial charge < -0.3 is 60.9 Å². The van der Waals surface area contributed by atoms with Gasteiger partial charge in [-0.1, -0.05) is 0 Å². The predicted octanol–water partition coefficient (Wildman–Crippen LogP) is -2.45. The van der Waals surface area contributed by atoms with Gasteiger partial charge >= 0.3 is 31.3 Å². The smallest absolute Gasteiger partial charge is 0.387 e. The van der Waals surface area contributed by atoms with Crippen molar-refractivity contribution >= 4 is 65.3 Å². The maximum absolute atomic E-state index is 12.4. The summed E-state index contributed by atoms with van der Waals surface area (Å²) in [6.45, 7) is -2.22. The number of nitrogen functional groups attached to an aromatic ring is 2. The van der Waals surface area contributed by atoms with Crippen LogP contribution in [0, 0.1) is 0 Å². The Morgan fingerprint density at radius 3 is 1.32 bits per heavy atom. The summed E-state index contributed by atoms with van der Waals surface area (Å²) in [5.74, 6) is -0.0284. The summed E-state index contributed by atoms with van der Waals surface area (Å²) >= 11 is 0. The number of ether oxygens (including phenoxy) is 2. The molecule has 0 bridgehead atoms. The number of phosphoric acid groups is 4. The summed E-state index contributed by atoms with van der Waals surface area (Å²) in [7, 11) is -23.9. The zero-order valence-electron chi connectivity index (χ0n) is 25.9. The first-order valence-electron chi connectivity index (χ1n) is 14.3. The van der Waals surface area contributed by atoms with E-state index >= 15 is 0 Å². The highest BCUT2D eigenvalue weighted by Gasteiger charge is 2.50. The van der Waals surface area contributed by atoms with Gasteiger partial charge in [-0.15, -0.1) is 0 Å². The quantitative estimate of drug-likeness (QED) is 0.0589. The average molecular weight is 836 g/mol. The molecule has 0 aliphatic carbocycles. The molecule has 6 unspecified atom stereocenters. The van der Waals surface area contributed by atoms with Gasteiger partial charge in [-0.3, -0.25) is 18.2 Å². The molecular formula is C20H28N10O19P4. The van der Waals surface area contributed by atoms with E-state index in [0.717, 1.165) is 34.4 Å². The van der Waals surface area contributed by atoms with Crippen LogP contribution in [-0.4, -0.2) is 129 Å². The molecule has 12 atom stereocenters. The second-order valence-corrected chi connectivity index (χ2v) is 17.2. The summed E-state index contributed by atoms with van der Waals surface area (Å²) in [5.41, 5.74) is 11.9. The van der Waals surface area contributed by atoms with Gasteiger partial charge in [-0.25, -0.2) is 48.2 Å². The van der Waals surface area contributed by atoms with E-state index in [1.807, 2.05) is 0 Å². The molecule has 29 nitrogen and oxygen atoms in total. The molecule has 2 fully saturated rings. The molecule has 0 aromatic carbocycles. The third-order valence-corrected chi connectivity index (χ3v) is 13.3. The summed E-state index contributed by atoms with van der Waals surface area (Å²) < 4.78 is 83.4. The Hall–Kier alpha value is -2.98. The number of aromatic nitrogens is 8. The Bertz CT molecular complexity index is 2040. The van der Waals surface area contributed by atoms with Crippen molar-refractivity contribution < 1.29 is 89.7 Å². The van der Waals surface area contributed by atoms with E-state index < -0.39 is 93.6 Å². The lowest BCUT2D eigenvalue weighted by Gasteiger charge is -2.21. The van der Waals surface area contributed by atoms with E-state index in [9.17, 15) is 58.3 Å². The van der Waals surface area contributed by atoms with Gasteiger partial charge in [-0.05, 0) is 0 Å². The summed E-state index contributed by atoms with van der Waals surface area (Å²) in [5, 5.41) is 41.8. The molecule has 6 heterocycles. The van der Waals surface area contributed by atoms with Gasteiger partial charge in [-0.2, -0.15) is 12.9 Å². The van der Waals surface area contributed by atoms with E-state index in [1.165, 1.54) is 0 Å². The van der Waals surface area contributed by atoms with Crippen LogP contribution in [0.25, 0.3) is 22.3 Å². The maximum Gasteiger partial charge on any atom is 0.490 e. The number of nitrogens with two attached hydrogens (primary N) is 2. The monoisotopic (exact) mass is 836 g/mol. The van der Waals surface area contributed by atoms with Crippen molar-refractivity contribution in [3.05, 3.63) is 25.3 Å². The van der Waals surface area contributed by atoms with Gasteiger partial charge in [0.1, 0.15) is 60.3 Å². The Balaban J connectivity index is 1.01. The van der Waals surface area contributed by atoms with Gasteiger partial charge in [0.05, 0.1) is 25.9 Å². The molecule has 0 spiro atoms. The first-order valence-corrected chi connectivity index (χ1v) is 20.3. The van der Waals surface area contributed by atoms with E-state index in [4.69, 9.17) is 20.9 Å². The third kappa shape index (κ3) is 8.48. The van der Waals surface area contributed by atoms with Crippen molar-refractivity contribution in [2.75, 3.05) is 24.7 Å². The minimum Gasteiger partial charge on any atom is -0.387 e. The van der Waals surface area contributed by atoms with Crippen LogP contribution >= 0.6 is 31.3 Å². The van der Waals surface area contributed by atoms with Crippen molar-refractivity contribution in [1.82, 2.24) is 39.0 Å². The Labute approximate surface area is 293 Å². The first kappa shape index (κ1) is 39.7. The van der Waals surface area contributed by atoms with Gasteiger partial charge in [0, 0.05) is 0 Å². The lowest BCUT2D eigenvalue weighted by Crippen LogP contribution is -2.33. The fraction of sp³-hybridized carbons (Fsp3) is 0.500. The van der Waals surface area contributed by atoms with Crippen LogP contribution in [0.15, 0.2) is 25.3 Å². The van der Waals surface area contributed by atoms with Gasteiger partial charge in [0.15, 0.2) is 35.4 Å². The molecule has 2 aliphatic rings. The lowest BCUT2D eigenvalue weighted by molar-refractivity contribution is -0.0505. The minimum atomic E-state index is -6.19. The predicted molar refractivity (Wildman–Crippen MR) is 166 cm³/mol. The maximum atomic E-state index is 12.4. The summed E-state index contributed by atoms with van der Waals surface area (Å²) in [6, 6.07) is 0. The standard InChI is InChI=1S/C20H28N10O19P4/c21-15-9-17(25-3-23-15)29(5-27-9)19-13(33)11(31)7(45-19)1-43-50(35,36)47-52(39,40)49-53(41,42)48-51(37,38)44-2-8-12(32)14(34)20(46-8)30-6-28-10-16(22)24-4-26-18(10)30/h3-8,11-14,19-20,31-34H,1-2H2,(H,35,36)(H,37,38)(H,39,40)(H,41,42)(H2,21,23,25)(H2,22,24,26)/t7-,8-,11+,12?,13?,14+,19-,20-/m1/s1. The fourth-order valence-corrected chi connectivity index (χ4v) is 10.1. The zero-order chi connectivity index (χ0) is 38.7. The molecule has 0 saturated carbocycles. The van der Waals surface area contributed by atoms with Gasteiger partial charge in [0.2, 0.25) is 0 Å². The third-order valence-electron chi connectivity index (χ3n) is 7.42. The van der Waals surface area contributed by atoms with E-state index in [-0.39, 0.29) is 34.0 Å². The van der Waals surface area contributed by atoms with Crippen LogP contribution in [0.2, 0.25) is 0 Å². The topological polar surface area (TPSA) is 434 Å². The number of aliphatic hydroxyl groups excluding tert-OH is 4. The van der Waals surface area contributed by atoms with Crippen LogP contribution in [0.3, 0.4) is 0 Å². The lowest BCUT2D eigenvalue weighted by atomic mass is 10.1. The number of phosphoric ester groups is 2. The molecule has 6 rings (SSSR count). The Morgan fingerprint density at radius 2 is 0.943 bits per heavy atom. The largest absolute Gasteiger partial charge is 0.490 e. The Kier molecular flexibility index (Phi) is 10.9. The molecule has 12 N–H and O–H groups in total. The molecule has 0 radical (unpaired) electrons. The SMILES string of the molecule is Nc1ncnc2c1ncn2[C@@H]1O[C@H](COP(=O)(O)OP(=O)(O)OP(=O)(O)OP(=O)(O)OC[C@H]2O[C@@H](n3cnc4c(N)ncnc43)[C@@H](O)C2O)[C@H](O)C1O. The number of aliphatic hydroxyl groups is 4. The van der Waals surface area contributed by atoms with Crippen molar-refractivity contribution in [2.24, 2.45) is 0 Å². The molecule has 0 amide bonds. The summed E-state index contributed by atoms with van der Waals surface area (Å²) in [6.07, 6.45) is -8.58. The van der Waals surface area contributed by atoms with Crippen molar-refractivity contribution in [3.63, 3.8) is 0 Å². The minimum absolute atomic E-state index is 0.0142. The number of hydrogen-bond acceptors (Lipinski definition) is 23. The Morgan fingerprint density at radius 1 is 0.585 bits per heavy atom. The van der Waals surface area contributed by atoms with Crippen LogP contribution in [0.1, 0.15) is 12.5 Å². The fourth-order valence-electron chi connectivity index (χ4n) is 5.11. The van der Waals surface area contributed by atoms with Crippen LogP contribution in [-0.2, 0) is 49.7 Å². The number of fused-ring (bicyclic) bond motifs is 2. The van der Waals surface area contributed by atoms with Crippen molar-refractivity contribution in [2.45, 2.75) is 49.1 Å². The summed E-state index contributed by atoms with van der Waals surface area (Å²) in [4.78, 5) is 63.0. The van der Waals surface area contributed by atoms with Crippen LogP contribution < -0.4 is 11.5 Å². The van der Waals surface area contributed by atoms with Crippen LogP contribution in [0.4, 0.5) is 11.6 Å². The van der Waals surface area contributed by atoms with Crippen LogP contribution in [0.5, 0.6) is 0 Å². The number of hydrogen-bond donors (Lipinski definition) is 10. The zero-order valence-corrected chi connectivity index (χ0v) is 29.5.